The van der Waals surface area contributed by atoms with Crippen molar-refractivity contribution < 1.29 is 9.90 Å². The Morgan fingerprint density at radius 2 is 1.95 bits per heavy atom. The predicted octanol–water partition coefficient (Wildman–Crippen LogP) is 0.386. The summed E-state index contributed by atoms with van der Waals surface area (Å²) in [5, 5.41) is 10.6. The largest absolute Gasteiger partial charge is 0.387 e. The van der Waals surface area contributed by atoms with Gasteiger partial charge in [0.15, 0.2) is 0 Å². The van der Waals surface area contributed by atoms with Gasteiger partial charge < -0.3 is 14.9 Å². The van der Waals surface area contributed by atoms with Crippen molar-refractivity contribution >= 4 is 5.91 Å². The van der Waals surface area contributed by atoms with Gasteiger partial charge in [-0.25, -0.2) is 0 Å². The smallest absolute Gasteiger partial charge is 0.242 e. The van der Waals surface area contributed by atoms with Crippen LogP contribution < -0.4 is 0 Å². The summed E-state index contributed by atoms with van der Waals surface area (Å²) in [7, 11) is 5.95. The summed E-state index contributed by atoms with van der Waals surface area (Å²) in [4.78, 5) is 18.9. The second-order valence-electron chi connectivity index (χ2n) is 7.09. The molecule has 0 bridgehead atoms. The van der Waals surface area contributed by atoms with E-state index in [0.29, 0.717) is 26.1 Å². The van der Waals surface area contributed by atoms with E-state index in [4.69, 9.17) is 0 Å². The molecule has 0 aromatic carbocycles. The molecule has 2 atom stereocenters. The van der Waals surface area contributed by atoms with E-state index >= 15 is 0 Å². The molecular weight excluding hydrogens is 254 g/mol. The number of β-amino-alcohol motifs (C(OH)–C–C–N with tert-alkyl or cyclic N) is 1. The van der Waals surface area contributed by atoms with Gasteiger partial charge in [-0.2, -0.15) is 0 Å². The molecule has 20 heavy (non-hydrogen) atoms. The zero-order chi connectivity index (χ0) is 15.0. The van der Waals surface area contributed by atoms with Crippen LogP contribution in [0, 0.1) is 0 Å². The van der Waals surface area contributed by atoms with Gasteiger partial charge in [-0.05, 0) is 60.3 Å². The third-order valence-electron chi connectivity index (χ3n) is 4.94. The Bertz CT molecular complexity index is 374. The fourth-order valence-corrected chi connectivity index (χ4v) is 3.61. The summed E-state index contributed by atoms with van der Waals surface area (Å²) >= 11 is 0. The van der Waals surface area contributed by atoms with E-state index < -0.39 is 5.60 Å². The number of hydrogen-bond donors (Lipinski definition) is 1. The minimum Gasteiger partial charge on any atom is -0.387 e. The Kier molecular flexibility index (Phi) is 4.42. The highest BCUT2D eigenvalue weighted by molar-refractivity contribution is 5.86. The van der Waals surface area contributed by atoms with E-state index in [9.17, 15) is 9.90 Å². The molecule has 0 saturated carbocycles. The highest BCUT2D eigenvalue weighted by Gasteiger charge is 2.46. The molecule has 0 aromatic rings. The Hall–Kier alpha value is -0.650. The predicted molar refractivity (Wildman–Crippen MR) is 79.6 cm³/mol. The van der Waals surface area contributed by atoms with Gasteiger partial charge in [-0.15, -0.1) is 0 Å². The van der Waals surface area contributed by atoms with E-state index in [1.807, 2.05) is 30.9 Å². The monoisotopic (exact) mass is 283 g/mol. The topological polar surface area (TPSA) is 47.0 Å². The number of likely N-dealkylation sites (N-methyl/N-ethyl adjacent to an activating group) is 2. The van der Waals surface area contributed by atoms with E-state index in [2.05, 4.69) is 11.8 Å². The highest BCUT2D eigenvalue weighted by Crippen LogP contribution is 2.31. The number of likely N-dealkylation sites (tertiary alicyclic amines) is 2. The van der Waals surface area contributed by atoms with Crippen molar-refractivity contribution in [2.75, 3.05) is 47.3 Å². The molecule has 0 aromatic heterocycles. The fourth-order valence-electron chi connectivity index (χ4n) is 3.61. The molecule has 2 heterocycles. The number of aliphatic hydroxyl groups is 1. The molecule has 2 fully saturated rings. The van der Waals surface area contributed by atoms with E-state index in [1.165, 1.54) is 6.42 Å². The van der Waals surface area contributed by atoms with Crippen molar-refractivity contribution in [1.82, 2.24) is 14.7 Å². The molecule has 1 N–H and O–H groups in total. The average molecular weight is 283 g/mol. The first-order valence-corrected chi connectivity index (χ1v) is 7.65. The number of piperidine rings is 1. The van der Waals surface area contributed by atoms with Gasteiger partial charge in [-0.3, -0.25) is 9.69 Å². The van der Waals surface area contributed by atoms with Gasteiger partial charge in [0.2, 0.25) is 5.91 Å². The third kappa shape index (κ3) is 3.00. The number of nitrogens with zero attached hydrogens (tertiary/aromatic N) is 3. The Morgan fingerprint density at radius 3 is 2.55 bits per heavy atom. The molecule has 5 nitrogen and oxygen atoms in total. The van der Waals surface area contributed by atoms with Crippen LogP contribution in [-0.4, -0.2) is 84.2 Å². The number of carbonyl (C=O) groups excluding carboxylic acids is 1. The Labute approximate surface area is 122 Å². The highest BCUT2D eigenvalue weighted by atomic mass is 16.3. The van der Waals surface area contributed by atoms with Crippen LogP contribution >= 0.6 is 0 Å². The van der Waals surface area contributed by atoms with E-state index in [-0.39, 0.29) is 11.4 Å². The van der Waals surface area contributed by atoms with Gasteiger partial charge in [-0.1, -0.05) is 0 Å². The number of hydrogen-bond acceptors (Lipinski definition) is 4. The molecule has 5 heteroatoms. The van der Waals surface area contributed by atoms with Crippen LogP contribution in [0.3, 0.4) is 0 Å². The molecule has 2 aliphatic rings. The van der Waals surface area contributed by atoms with Gasteiger partial charge in [0.25, 0.3) is 0 Å². The van der Waals surface area contributed by atoms with Gasteiger partial charge >= 0.3 is 0 Å². The lowest BCUT2D eigenvalue weighted by atomic mass is 9.87. The van der Waals surface area contributed by atoms with Gasteiger partial charge in [0.1, 0.15) is 0 Å². The standard InChI is InChI=1S/C15H29N3O2/c1-14(7-5-6-9-17(14)4)13(19)18-10-8-15(20,12-18)11-16(2)3/h20H,5-12H2,1-4H3/t14-,15-/m0/s1. The van der Waals surface area contributed by atoms with Crippen LogP contribution in [0.25, 0.3) is 0 Å². The van der Waals surface area contributed by atoms with Crippen molar-refractivity contribution in [3.8, 4) is 0 Å². The first-order chi connectivity index (χ1) is 9.27. The van der Waals surface area contributed by atoms with E-state index in [1.54, 1.807) is 0 Å². The molecule has 116 valence electrons. The fraction of sp³-hybridized carbons (Fsp3) is 0.933. The Morgan fingerprint density at radius 1 is 1.25 bits per heavy atom. The van der Waals surface area contributed by atoms with Crippen molar-refractivity contribution in [2.24, 2.45) is 0 Å². The van der Waals surface area contributed by atoms with Crippen molar-refractivity contribution in [3.05, 3.63) is 0 Å². The van der Waals surface area contributed by atoms with Crippen LogP contribution in [0.15, 0.2) is 0 Å². The summed E-state index contributed by atoms with van der Waals surface area (Å²) in [5.74, 6) is 0.189. The molecule has 0 radical (unpaired) electrons. The quantitative estimate of drug-likeness (QED) is 0.814. The average Bonchev–Trinajstić information content (AvgIpc) is 2.73. The molecule has 2 aliphatic heterocycles. The second kappa shape index (κ2) is 5.62. The van der Waals surface area contributed by atoms with Crippen molar-refractivity contribution in [2.45, 2.75) is 43.7 Å². The Balaban J connectivity index is 2.04. The number of amides is 1. The number of rotatable bonds is 3. The van der Waals surface area contributed by atoms with Crippen LogP contribution in [0.1, 0.15) is 32.6 Å². The van der Waals surface area contributed by atoms with Gasteiger partial charge in [0, 0.05) is 13.1 Å². The van der Waals surface area contributed by atoms with Crippen LogP contribution in [0.2, 0.25) is 0 Å². The summed E-state index contributed by atoms with van der Waals surface area (Å²) in [5.41, 5.74) is -1.13. The lowest BCUT2D eigenvalue weighted by Crippen LogP contribution is -2.58. The minimum absolute atomic E-state index is 0.189. The normalized spacial score (nSPS) is 35.8. The van der Waals surface area contributed by atoms with Crippen molar-refractivity contribution in [1.29, 1.82) is 0 Å². The second-order valence-corrected chi connectivity index (χ2v) is 7.09. The molecule has 2 saturated heterocycles. The van der Waals surface area contributed by atoms with Crippen LogP contribution in [0.5, 0.6) is 0 Å². The lowest BCUT2D eigenvalue weighted by molar-refractivity contribution is -0.145. The molecule has 0 unspecified atom stereocenters. The zero-order valence-corrected chi connectivity index (χ0v) is 13.4. The third-order valence-corrected chi connectivity index (χ3v) is 4.94. The van der Waals surface area contributed by atoms with Crippen LogP contribution in [-0.2, 0) is 4.79 Å². The molecular formula is C15H29N3O2. The summed E-state index contributed by atoms with van der Waals surface area (Å²) in [6.45, 7) is 4.79. The first-order valence-electron chi connectivity index (χ1n) is 7.65. The maximum atomic E-state index is 12.9. The molecule has 1 amide bonds. The SMILES string of the molecule is CN(C)C[C@@]1(O)CCN(C(=O)[C@]2(C)CCCCN2C)C1. The molecule has 0 aliphatic carbocycles. The molecule has 0 spiro atoms. The van der Waals surface area contributed by atoms with Gasteiger partial charge in [0.05, 0.1) is 17.7 Å². The first kappa shape index (κ1) is 15.7. The van der Waals surface area contributed by atoms with Crippen LogP contribution in [0.4, 0.5) is 0 Å². The minimum atomic E-state index is -0.747. The maximum Gasteiger partial charge on any atom is 0.242 e. The van der Waals surface area contributed by atoms with Crippen molar-refractivity contribution in [3.63, 3.8) is 0 Å². The summed E-state index contributed by atoms with van der Waals surface area (Å²) in [6.07, 6.45) is 3.88. The lowest BCUT2D eigenvalue weighted by Gasteiger charge is -2.43. The summed E-state index contributed by atoms with van der Waals surface area (Å²) in [6, 6.07) is 0. The number of carbonyl (C=O) groups is 1. The maximum absolute atomic E-state index is 12.9. The van der Waals surface area contributed by atoms with E-state index in [0.717, 1.165) is 19.4 Å². The molecule has 2 rings (SSSR count). The summed E-state index contributed by atoms with van der Waals surface area (Å²) < 4.78 is 0. The zero-order valence-electron chi connectivity index (χ0n) is 13.4.